The lowest BCUT2D eigenvalue weighted by atomic mass is 10.1. The van der Waals surface area contributed by atoms with Crippen molar-refractivity contribution in [2.45, 2.75) is 5.92 Å². The van der Waals surface area contributed by atoms with Crippen molar-refractivity contribution in [2.75, 3.05) is 11.9 Å². The number of anilines is 1. The summed E-state index contributed by atoms with van der Waals surface area (Å²) >= 11 is 0. The molecule has 11 heavy (non-hydrogen) atoms. The van der Waals surface area contributed by atoms with Crippen LogP contribution in [-0.4, -0.2) is 17.8 Å². The Hall–Kier alpha value is -1.38. The molecule has 0 saturated carbocycles. The van der Waals surface area contributed by atoms with Gasteiger partial charge < -0.3 is 10.1 Å². The van der Waals surface area contributed by atoms with Gasteiger partial charge in [-0.1, -0.05) is 6.07 Å². The summed E-state index contributed by atoms with van der Waals surface area (Å²) in [6.45, 7) is 0.690. The van der Waals surface area contributed by atoms with Crippen molar-refractivity contribution in [1.29, 1.82) is 0 Å². The minimum absolute atomic E-state index is 0.00120. The van der Waals surface area contributed by atoms with Crippen LogP contribution in [0.2, 0.25) is 0 Å². The summed E-state index contributed by atoms with van der Waals surface area (Å²) in [5, 5.41) is 3.06. The monoisotopic (exact) mass is 148 g/mol. The summed E-state index contributed by atoms with van der Waals surface area (Å²) in [6, 6.07) is 3.78. The molecule has 0 spiro atoms. The molecule has 0 fully saturated rings. The largest absolute Gasteiger partial charge is 0.369 e. The number of nitrogens with zero attached hydrogens (tertiary/aromatic N) is 1. The molecule has 2 rings (SSSR count). The Morgan fingerprint density at radius 1 is 1.73 bits per heavy atom. The van der Waals surface area contributed by atoms with Crippen LogP contribution in [0.4, 0.5) is 5.82 Å². The predicted molar refractivity (Wildman–Crippen MR) is 41.5 cm³/mol. The quantitative estimate of drug-likeness (QED) is 0.599. The number of hydrogen-bond acceptors (Lipinski definition) is 3. The first-order valence-corrected chi connectivity index (χ1v) is 3.56. The zero-order valence-electron chi connectivity index (χ0n) is 5.95. The third kappa shape index (κ3) is 0.888. The Kier molecular flexibility index (Phi) is 1.35. The molecule has 1 N–H and O–H groups in total. The van der Waals surface area contributed by atoms with Gasteiger partial charge in [0, 0.05) is 18.3 Å². The molecule has 0 aliphatic carbocycles. The third-order valence-electron chi connectivity index (χ3n) is 1.89. The highest BCUT2D eigenvalue weighted by Crippen LogP contribution is 2.26. The first-order chi connectivity index (χ1) is 5.42. The van der Waals surface area contributed by atoms with E-state index in [4.69, 9.17) is 0 Å². The van der Waals surface area contributed by atoms with Crippen molar-refractivity contribution in [1.82, 2.24) is 4.98 Å². The van der Waals surface area contributed by atoms with Crippen molar-refractivity contribution < 1.29 is 4.79 Å². The summed E-state index contributed by atoms with van der Waals surface area (Å²) in [4.78, 5) is 14.6. The fourth-order valence-electron chi connectivity index (χ4n) is 1.30. The van der Waals surface area contributed by atoms with E-state index in [1.807, 2.05) is 12.1 Å². The summed E-state index contributed by atoms with van der Waals surface area (Å²) in [6.07, 6.45) is 2.68. The molecule has 0 radical (unpaired) electrons. The Morgan fingerprint density at radius 3 is 3.45 bits per heavy atom. The average Bonchev–Trinajstić information content (AvgIpc) is 2.47. The van der Waals surface area contributed by atoms with Gasteiger partial charge in [-0.15, -0.1) is 0 Å². The SMILES string of the molecule is O=CC1CNc2ncccc21. The lowest BCUT2D eigenvalue weighted by Crippen LogP contribution is -2.02. The standard InChI is InChI=1S/C8H8N2O/c11-5-6-4-10-8-7(6)2-1-3-9-8/h1-3,5-6H,4H2,(H,9,10). The molecular formula is C8H8N2O. The number of carbonyl (C=O) groups is 1. The zero-order valence-corrected chi connectivity index (χ0v) is 5.95. The number of hydrogen-bond donors (Lipinski definition) is 1. The van der Waals surface area contributed by atoms with E-state index in [1.165, 1.54) is 0 Å². The van der Waals surface area contributed by atoms with Crippen LogP contribution < -0.4 is 5.32 Å². The normalized spacial score (nSPS) is 20.5. The van der Waals surface area contributed by atoms with E-state index in [0.717, 1.165) is 17.7 Å². The molecule has 1 aliphatic heterocycles. The maximum Gasteiger partial charge on any atom is 0.129 e. The van der Waals surface area contributed by atoms with Crippen molar-refractivity contribution in [2.24, 2.45) is 0 Å². The highest BCUT2D eigenvalue weighted by atomic mass is 16.1. The molecule has 0 saturated heterocycles. The number of carbonyl (C=O) groups excluding carboxylic acids is 1. The predicted octanol–water partition coefficient (Wildman–Crippen LogP) is 0.790. The van der Waals surface area contributed by atoms with Crippen molar-refractivity contribution in [3.05, 3.63) is 23.9 Å². The van der Waals surface area contributed by atoms with Gasteiger partial charge in [0.2, 0.25) is 0 Å². The van der Waals surface area contributed by atoms with Crippen LogP contribution in [0.1, 0.15) is 11.5 Å². The number of pyridine rings is 1. The molecule has 1 unspecified atom stereocenters. The number of aromatic nitrogens is 1. The van der Waals surface area contributed by atoms with Gasteiger partial charge in [0.15, 0.2) is 0 Å². The Bertz CT molecular complexity index is 285. The molecule has 3 nitrogen and oxygen atoms in total. The van der Waals surface area contributed by atoms with Gasteiger partial charge in [-0.25, -0.2) is 4.98 Å². The van der Waals surface area contributed by atoms with Gasteiger partial charge in [-0.05, 0) is 6.07 Å². The van der Waals surface area contributed by atoms with Crippen LogP contribution in [0, 0.1) is 0 Å². The van der Waals surface area contributed by atoms with E-state index in [9.17, 15) is 4.79 Å². The van der Waals surface area contributed by atoms with Crippen LogP contribution in [-0.2, 0) is 4.79 Å². The maximum absolute atomic E-state index is 10.5. The minimum atomic E-state index is -0.00120. The first kappa shape index (κ1) is 6.34. The maximum atomic E-state index is 10.5. The van der Waals surface area contributed by atoms with Gasteiger partial charge in [-0.3, -0.25) is 0 Å². The van der Waals surface area contributed by atoms with Gasteiger partial charge in [-0.2, -0.15) is 0 Å². The fraction of sp³-hybridized carbons (Fsp3) is 0.250. The Morgan fingerprint density at radius 2 is 2.64 bits per heavy atom. The van der Waals surface area contributed by atoms with Gasteiger partial charge >= 0.3 is 0 Å². The fourth-order valence-corrected chi connectivity index (χ4v) is 1.30. The van der Waals surface area contributed by atoms with E-state index >= 15 is 0 Å². The molecule has 1 atom stereocenters. The first-order valence-electron chi connectivity index (χ1n) is 3.56. The topological polar surface area (TPSA) is 42.0 Å². The summed E-state index contributed by atoms with van der Waals surface area (Å²) in [5.41, 5.74) is 1.02. The highest BCUT2D eigenvalue weighted by Gasteiger charge is 2.21. The van der Waals surface area contributed by atoms with Crippen LogP contribution in [0.25, 0.3) is 0 Å². The van der Waals surface area contributed by atoms with Gasteiger partial charge in [0.25, 0.3) is 0 Å². The number of fused-ring (bicyclic) bond motifs is 1. The smallest absolute Gasteiger partial charge is 0.129 e. The van der Waals surface area contributed by atoms with Gasteiger partial charge in [0.05, 0.1) is 5.92 Å². The Labute approximate surface area is 64.5 Å². The molecule has 0 amide bonds. The van der Waals surface area contributed by atoms with Crippen LogP contribution >= 0.6 is 0 Å². The lowest BCUT2D eigenvalue weighted by molar-refractivity contribution is -0.108. The van der Waals surface area contributed by atoms with Crippen LogP contribution in [0.15, 0.2) is 18.3 Å². The highest BCUT2D eigenvalue weighted by molar-refractivity contribution is 5.71. The zero-order chi connectivity index (χ0) is 7.68. The third-order valence-corrected chi connectivity index (χ3v) is 1.89. The molecule has 0 bridgehead atoms. The summed E-state index contributed by atoms with van der Waals surface area (Å²) in [7, 11) is 0. The van der Waals surface area contributed by atoms with E-state index in [0.29, 0.717) is 6.54 Å². The van der Waals surface area contributed by atoms with Gasteiger partial charge in [0.1, 0.15) is 12.1 Å². The number of nitrogens with one attached hydrogen (secondary N) is 1. The van der Waals surface area contributed by atoms with Crippen molar-refractivity contribution in [3.63, 3.8) is 0 Å². The molecular weight excluding hydrogens is 140 g/mol. The second-order valence-corrected chi connectivity index (χ2v) is 2.56. The van der Waals surface area contributed by atoms with E-state index in [1.54, 1.807) is 6.20 Å². The van der Waals surface area contributed by atoms with Crippen molar-refractivity contribution in [3.8, 4) is 0 Å². The minimum Gasteiger partial charge on any atom is -0.369 e. The number of aldehydes is 1. The molecule has 1 aromatic heterocycles. The number of rotatable bonds is 1. The van der Waals surface area contributed by atoms with E-state index in [2.05, 4.69) is 10.3 Å². The summed E-state index contributed by atoms with van der Waals surface area (Å²) in [5.74, 6) is 0.850. The Balaban J connectivity index is 2.46. The summed E-state index contributed by atoms with van der Waals surface area (Å²) < 4.78 is 0. The molecule has 0 aromatic carbocycles. The molecule has 1 aromatic rings. The van der Waals surface area contributed by atoms with Crippen molar-refractivity contribution >= 4 is 12.1 Å². The lowest BCUT2D eigenvalue weighted by Gasteiger charge is -1.97. The van der Waals surface area contributed by atoms with Crippen LogP contribution in [0.3, 0.4) is 0 Å². The molecule has 1 aliphatic rings. The average molecular weight is 148 g/mol. The van der Waals surface area contributed by atoms with E-state index in [-0.39, 0.29) is 5.92 Å². The van der Waals surface area contributed by atoms with Crippen LogP contribution in [0.5, 0.6) is 0 Å². The van der Waals surface area contributed by atoms with E-state index < -0.39 is 0 Å². The molecule has 2 heterocycles. The molecule has 3 heteroatoms. The molecule has 56 valence electrons. The second-order valence-electron chi connectivity index (χ2n) is 2.56. The second kappa shape index (κ2) is 2.34.